The molecule has 32 heavy (non-hydrogen) atoms. The summed E-state index contributed by atoms with van der Waals surface area (Å²) in [6.07, 6.45) is -3.15. The number of hydrogen-bond acceptors (Lipinski definition) is 7. The Balaban J connectivity index is 2.08. The van der Waals surface area contributed by atoms with Gasteiger partial charge in [0.15, 0.2) is 0 Å². The van der Waals surface area contributed by atoms with Gasteiger partial charge in [-0.15, -0.1) is 0 Å². The maximum atomic E-state index is 13.0. The number of halogens is 3. The summed E-state index contributed by atoms with van der Waals surface area (Å²) >= 11 is 0.859. The molecule has 0 atom stereocenters. The molecule has 0 spiro atoms. The second-order valence-corrected chi connectivity index (χ2v) is 7.48. The summed E-state index contributed by atoms with van der Waals surface area (Å²) < 4.78 is 49.2. The van der Waals surface area contributed by atoms with Gasteiger partial charge in [0.05, 0.1) is 29.9 Å². The van der Waals surface area contributed by atoms with Crippen LogP contribution in [-0.2, 0) is 15.7 Å². The van der Waals surface area contributed by atoms with E-state index in [-0.39, 0.29) is 33.6 Å². The first kappa shape index (κ1) is 23.3. The molecule has 10 heteroatoms. The van der Waals surface area contributed by atoms with Gasteiger partial charge in [0.1, 0.15) is 27.9 Å². The Bertz CT molecular complexity index is 1140. The van der Waals surface area contributed by atoms with E-state index in [9.17, 15) is 28.2 Å². The van der Waals surface area contributed by atoms with E-state index in [0.29, 0.717) is 11.3 Å². The number of nitrogens with zero attached hydrogens (tertiary/aromatic N) is 1. The van der Waals surface area contributed by atoms with Crippen molar-refractivity contribution in [2.75, 3.05) is 13.7 Å². The minimum Gasteiger partial charge on any atom is -0.507 e. The third-order valence-electron chi connectivity index (χ3n) is 4.30. The van der Waals surface area contributed by atoms with Crippen LogP contribution in [0.15, 0.2) is 63.7 Å². The van der Waals surface area contributed by atoms with E-state index < -0.39 is 23.5 Å². The lowest BCUT2D eigenvalue weighted by Crippen LogP contribution is -2.13. The molecule has 2 aromatic carbocycles. The Morgan fingerprint density at radius 3 is 2.59 bits per heavy atom. The van der Waals surface area contributed by atoms with Crippen molar-refractivity contribution in [3.05, 3.63) is 69.8 Å². The summed E-state index contributed by atoms with van der Waals surface area (Å²) in [5.41, 5.74) is -0.933. The molecule has 1 heterocycles. The SMILES string of the molecule is CCOC(=O)C1=C(O)/C(=C\c2cc(OC)ccc2O)SC1=Nc1cccc(C(F)(F)F)c1. The first-order valence-electron chi connectivity index (χ1n) is 9.27. The summed E-state index contributed by atoms with van der Waals surface area (Å²) in [4.78, 5) is 16.7. The van der Waals surface area contributed by atoms with Gasteiger partial charge in [0.2, 0.25) is 0 Å². The minimum atomic E-state index is -4.56. The van der Waals surface area contributed by atoms with Gasteiger partial charge in [0.25, 0.3) is 0 Å². The Kier molecular flexibility index (Phi) is 6.83. The predicted octanol–water partition coefficient (Wildman–Crippen LogP) is 5.61. The zero-order chi connectivity index (χ0) is 23.5. The van der Waals surface area contributed by atoms with Gasteiger partial charge in [-0.3, -0.25) is 0 Å². The van der Waals surface area contributed by atoms with E-state index in [2.05, 4.69) is 4.99 Å². The molecule has 0 saturated carbocycles. The molecule has 0 unspecified atom stereocenters. The number of esters is 1. The number of aliphatic hydroxyl groups is 1. The standard InChI is InChI=1S/C22H18F3NO5S/c1-3-31-21(29)18-19(28)17(10-12-9-15(30-2)7-8-16(12)27)32-20(18)26-14-6-4-5-13(11-14)22(23,24)25/h4-11,27-28H,3H2,1-2H3/b17-10+,26-20?. The Morgan fingerprint density at radius 2 is 1.94 bits per heavy atom. The molecule has 1 aliphatic rings. The lowest BCUT2D eigenvalue weighted by Gasteiger charge is -2.07. The van der Waals surface area contributed by atoms with Crippen LogP contribution in [0.25, 0.3) is 6.08 Å². The Labute approximate surface area is 185 Å². The van der Waals surface area contributed by atoms with Crippen molar-refractivity contribution >= 4 is 34.5 Å². The van der Waals surface area contributed by atoms with Crippen LogP contribution < -0.4 is 4.74 Å². The second-order valence-electron chi connectivity index (χ2n) is 6.44. The summed E-state index contributed by atoms with van der Waals surface area (Å²) in [6, 6.07) is 8.74. The highest BCUT2D eigenvalue weighted by atomic mass is 32.2. The number of aliphatic imine (C=N–C) groups is 1. The van der Waals surface area contributed by atoms with E-state index in [1.54, 1.807) is 13.0 Å². The average molecular weight is 465 g/mol. The quantitative estimate of drug-likeness (QED) is 0.558. The monoisotopic (exact) mass is 465 g/mol. The van der Waals surface area contributed by atoms with Crippen molar-refractivity contribution in [2.45, 2.75) is 13.1 Å². The molecule has 0 bridgehead atoms. The summed E-state index contributed by atoms with van der Waals surface area (Å²) in [5, 5.41) is 20.7. The highest BCUT2D eigenvalue weighted by Crippen LogP contribution is 2.42. The molecule has 2 aromatic rings. The summed E-state index contributed by atoms with van der Waals surface area (Å²) in [5.74, 6) is -0.986. The average Bonchev–Trinajstić information content (AvgIpc) is 3.04. The van der Waals surface area contributed by atoms with Gasteiger partial charge in [-0.25, -0.2) is 9.79 Å². The van der Waals surface area contributed by atoms with Crippen LogP contribution in [0, 0.1) is 0 Å². The number of ether oxygens (including phenoxy) is 2. The normalized spacial score (nSPS) is 16.7. The molecule has 6 nitrogen and oxygen atoms in total. The molecule has 0 aliphatic carbocycles. The van der Waals surface area contributed by atoms with Crippen molar-refractivity contribution < 1.29 is 37.7 Å². The fraction of sp³-hybridized carbons (Fsp3) is 0.182. The number of carbonyl (C=O) groups is 1. The topological polar surface area (TPSA) is 88.4 Å². The molecule has 1 aliphatic heterocycles. The van der Waals surface area contributed by atoms with Crippen molar-refractivity contribution in [3.63, 3.8) is 0 Å². The number of aromatic hydroxyl groups is 1. The number of thioether (sulfide) groups is 1. The van der Waals surface area contributed by atoms with Crippen molar-refractivity contribution in [3.8, 4) is 11.5 Å². The number of aliphatic hydroxyl groups excluding tert-OH is 1. The molecular formula is C22H18F3NO5S. The van der Waals surface area contributed by atoms with Crippen LogP contribution in [0.3, 0.4) is 0 Å². The van der Waals surface area contributed by atoms with Crippen LogP contribution in [0.1, 0.15) is 18.1 Å². The largest absolute Gasteiger partial charge is 0.507 e. The third kappa shape index (κ3) is 5.08. The van der Waals surface area contributed by atoms with Gasteiger partial charge in [-0.05, 0) is 49.4 Å². The third-order valence-corrected chi connectivity index (χ3v) is 5.32. The number of phenolic OH excluding ortho intramolecular Hbond substituents is 1. The van der Waals surface area contributed by atoms with E-state index in [4.69, 9.17) is 9.47 Å². The van der Waals surface area contributed by atoms with Gasteiger partial charge in [-0.2, -0.15) is 13.2 Å². The number of hydrogen-bond donors (Lipinski definition) is 2. The first-order valence-corrected chi connectivity index (χ1v) is 10.1. The highest BCUT2D eigenvalue weighted by Gasteiger charge is 2.34. The van der Waals surface area contributed by atoms with Crippen LogP contribution in [0.5, 0.6) is 11.5 Å². The van der Waals surface area contributed by atoms with Gasteiger partial charge < -0.3 is 19.7 Å². The number of methoxy groups -OCH3 is 1. The molecule has 3 rings (SSSR count). The number of rotatable bonds is 5. The smallest absolute Gasteiger partial charge is 0.416 e. The van der Waals surface area contributed by atoms with Crippen molar-refractivity contribution in [1.82, 2.24) is 0 Å². The van der Waals surface area contributed by atoms with Crippen molar-refractivity contribution in [1.29, 1.82) is 0 Å². The highest BCUT2D eigenvalue weighted by molar-refractivity contribution is 8.18. The molecule has 0 amide bonds. The number of carbonyl (C=O) groups excluding carboxylic acids is 1. The molecular weight excluding hydrogens is 447 g/mol. The van der Waals surface area contributed by atoms with Gasteiger partial charge >= 0.3 is 12.1 Å². The zero-order valence-electron chi connectivity index (χ0n) is 16.9. The number of phenols is 1. The number of alkyl halides is 3. The first-order chi connectivity index (χ1) is 15.1. The van der Waals surface area contributed by atoms with E-state index >= 15 is 0 Å². The zero-order valence-corrected chi connectivity index (χ0v) is 17.8. The Morgan fingerprint density at radius 1 is 1.19 bits per heavy atom. The van der Waals surface area contributed by atoms with E-state index in [1.165, 1.54) is 37.5 Å². The molecule has 2 N–H and O–H groups in total. The number of benzene rings is 2. The van der Waals surface area contributed by atoms with Crippen LogP contribution in [0.4, 0.5) is 18.9 Å². The predicted molar refractivity (Wildman–Crippen MR) is 115 cm³/mol. The second kappa shape index (κ2) is 9.39. The van der Waals surface area contributed by atoms with Crippen LogP contribution in [-0.4, -0.2) is 34.9 Å². The lowest BCUT2D eigenvalue weighted by atomic mass is 10.1. The molecule has 0 radical (unpaired) electrons. The molecule has 0 saturated heterocycles. The maximum absolute atomic E-state index is 13.0. The lowest BCUT2D eigenvalue weighted by molar-refractivity contribution is -0.138. The molecule has 168 valence electrons. The van der Waals surface area contributed by atoms with Crippen LogP contribution in [0.2, 0.25) is 0 Å². The fourth-order valence-electron chi connectivity index (χ4n) is 2.78. The summed E-state index contributed by atoms with van der Waals surface area (Å²) in [6.45, 7) is 1.60. The minimum absolute atomic E-state index is 0.0207. The van der Waals surface area contributed by atoms with Crippen molar-refractivity contribution in [2.24, 2.45) is 4.99 Å². The molecule has 0 aromatic heterocycles. The van der Waals surface area contributed by atoms with Gasteiger partial charge in [0, 0.05) is 5.56 Å². The maximum Gasteiger partial charge on any atom is 0.416 e. The van der Waals surface area contributed by atoms with Gasteiger partial charge in [-0.1, -0.05) is 17.8 Å². The Hall–Kier alpha value is -3.40. The van der Waals surface area contributed by atoms with E-state index in [0.717, 1.165) is 23.9 Å². The van der Waals surface area contributed by atoms with Crippen LogP contribution >= 0.6 is 11.8 Å². The van der Waals surface area contributed by atoms with E-state index in [1.807, 2.05) is 0 Å². The fourth-order valence-corrected chi connectivity index (χ4v) is 3.80. The molecule has 0 fully saturated rings. The summed E-state index contributed by atoms with van der Waals surface area (Å²) in [7, 11) is 1.45.